The monoisotopic (exact) mass is 536 g/mol. The zero-order valence-electron chi connectivity index (χ0n) is 21.9. The summed E-state index contributed by atoms with van der Waals surface area (Å²) in [6, 6.07) is 5.32. The third-order valence-electron chi connectivity index (χ3n) is 7.59. The van der Waals surface area contributed by atoms with Crippen LogP contribution >= 0.6 is 23.4 Å². The summed E-state index contributed by atoms with van der Waals surface area (Å²) in [5.41, 5.74) is 0.303. The second kappa shape index (κ2) is 11.8. The van der Waals surface area contributed by atoms with Crippen LogP contribution in [0.1, 0.15) is 76.1 Å². The Morgan fingerprint density at radius 1 is 1.06 bits per heavy atom. The molecule has 0 heterocycles. The first-order chi connectivity index (χ1) is 17.1. The van der Waals surface area contributed by atoms with Crippen LogP contribution in [0.2, 0.25) is 5.02 Å². The number of thioether (sulfide) groups is 1. The molecule has 0 radical (unpaired) electrons. The Hall–Kier alpha value is -1.60. The molecule has 0 aromatic heterocycles. The van der Waals surface area contributed by atoms with Gasteiger partial charge in [0.2, 0.25) is 0 Å². The van der Waals surface area contributed by atoms with E-state index < -0.39 is 5.60 Å². The molecular weight excluding hydrogens is 496 g/mol. The highest BCUT2D eigenvalue weighted by molar-refractivity contribution is 7.99. The van der Waals surface area contributed by atoms with Crippen LogP contribution < -0.4 is 15.4 Å². The lowest BCUT2D eigenvalue weighted by molar-refractivity contribution is -0.0503. The van der Waals surface area contributed by atoms with Crippen molar-refractivity contribution in [3.63, 3.8) is 0 Å². The molecule has 1 aromatic carbocycles. The molecule has 200 valence electrons. The first-order valence-corrected chi connectivity index (χ1v) is 14.9. The fourth-order valence-corrected chi connectivity index (χ4v) is 7.61. The van der Waals surface area contributed by atoms with Crippen LogP contribution in [-0.4, -0.2) is 48.8 Å². The summed E-state index contributed by atoms with van der Waals surface area (Å²) in [6.07, 6.45) is 8.50. The van der Waals surface area contributed by atoms with Gasteiger partial charge in [-0.3, -0.25) is 4.79 Å². The number of nitrogens with one attached hydrogen (secondary N) is 2. The highest BCUT2D eigenvalue weighted by atomic mass is 35.5. The molecule has 4 aliphatic carbocycles. The Morgan fingerprint density at radius 3 is 2.36 bits per heavy atom. The van der Waals surface area contributed by atoms with Gasteiger partial charge in [0.25, 0.3) is 5.91 Å². The summed E-state index contributed by atoms with van der Waals surface area (Å²) in [4.78, 5) is 24.7. The molecule has 0 aliphatic heterocycles. The lowest BCUT2D eigenvalue weighted by Crippen LogP contribution is -2.51. The smallest absolute Gasteiger partial charge is 0.407 e. The Kier molecular flexibility index (Phi) is 9.03. The highest BCUT2D eigenvalue weighted by Gasteiger charge is 2.50. The first kappa shape index (κ1) is 27.4. The van der Waals surface area contributed by atoms with Crippen LogP contribution in [0.4, 0.5) is 4.79 Å². The molecule has 8 heteroatoms. The maximum atomic E-state index is 13.0. The third kappa shape index (κ3) is 7.70. The number of alkyl carbamates (subject to hydrolysis) is 1. The Morgan fingerprint density at radius 2 is 1.72 bits per heavy atom. The normalized spacial score (nSPS) is 26.5. The van der Waals surface area contributed by atoms with Crippen molar-refractivity contribution < 1.29 is 19.1 Å². The standard InChI is InChI=1S/C28H41ClN2O4S/c1-27(2,3)35-26(33)30-7-10-36-9-4-8-34-22-5-6-24(29)23(14-22)25(32)31-18-28-15-19-11-20(16-28)13-21(12-19)17-28/h5-6,14,19-21H,4,7-13,15-18H2,1-3H3,(H,30,33)(H,31,32). The van der Waals surface area contributed by atoms with Crippen molar-refractivity contribution in [3.8, 4) is 5.75 Å². The number of ether oxygens (including phenoxy) is 2. The maximum Gasteiger partial charge on any atom is 0.407 e. The van der Waals surface area contributed by atoms with Crippen molar-refractivity contribution >= 4 is 35.4 Å². The minimum atomic E-state index is -0.481. The fraction of sp³-hybridized carbons (Fsp3) is 0.714. The quantitative estimate of drug-likeness (QED) is 0.324. The molecule has 2 amide bonds. The minimum Gasteiger partial charge on any atom is -0.494 e. The van der Waals surface area contributed by atoms with Crippen molar-refractivity contribution in [2.75, 3.05) is 31.2 Å². The molecular formula is C28H41ClN2O4S. The van der Waals surface area contributed by atoms with E-state index in [9.17, 15) is 9.59 Å². The van der Waals surface area contributed by atoms with Crippen LogP contribution in [0.3, 0.4) is 0 Å². The number of benzene rings is 1. The van der Waals surface area contributed by atoms with E-state index in [4.69, 9.17) is 21.1 Å². The molecule has 0 saturated heterocycles. The van der Waals surface area contributed by atoms with Crippen molar-refractivity contribution in [1.29, 1.82) is 0 Å². The van der Waals surface area contributed by atoms with Crippen LogP contribution in [0.15, 0.2) is 18.2 Å². The average Bonchev–Trinajstić information content (AvgIpc) is 2.78. The summed E-state index contributed by atoms with van der Waals surface area (Å²) in [6.45, 7) is 7.43. The predicted molar refractivity (Wildman–Crippen MR) is 146 cm³/mol. The van der Waals surface area contributed by atoms with E-state index in [0.29, 0.717) is 34.9 Å². The Bertz CT molecular complexity index is 897. The van der Waals surface area contributed by atoms with Crippen LogP contribution in [-0.2, 0) is 4.74 Å². The van der Waals surface area contributed by atoms with Crippen molar-refractivity contribution in [3.05, 3.63) is 28.8 Å². The summed E-state index contributed by atoms with van der Waals surface area (Å²) in [5.74, 6) is 4.90. The fourth-order valence-electron chi connectivity index (χ4n) is 6.63. The van der Waals surface area contributed by atoms with Gasteiger partial charge in [-0.25, -0.2) is 4.79 Å². The highest BCUT2D eigenvalue weighted by Crippen LogP contribution is 2.59. The number of amides is 2. The number of carbonyl (C=O) groups is 2. The van der Waals surface area contributed by atoms with E-state index in [2.05, 4.69) is 10.6 Å². The number of rotatable bonds is 11. The summed E-state index contributed by atoms with van der Waals surface area (Å²) < 4.78 is 11.1. The second-order valence-electron chi connectivity index (χ2n) is 12.0. The van der Waals surface area contributed by atoms with Crippen molar-refractivity contribution in [1.82, 2.24) is 10.6 Å². The molecule has 0 spiro atoms. The van der Waals surface area contributed by atoms with Crippen molar-refractivity contribution in [2.45, 2.75) is 71.3 Å². The number of carbonyl (C=O) groups excluding carboxylic acids is 2. The van der Waals surface area contributed by atoms with Gasteiger partial charge in [-0.1, -0.05) is 11.6 Å². The number of hydrogen-bond acceptors (Lipinski definition) is 5. The summed E-state index contributed by atoms with van der Waals surface area (Å²) in [5, 5.41) is 6.44. The lowest BCUT2D eigenvalue weighted by atomic mass is 9.49. The summed E-state index contributed by atoms with van der Waals surface area (Å²) in [7, 11) is 0. The van der Waals surface area contributed by atoms with Gasteiger partial charge in [0.05, 0.1) is 17.2 Å². The van der Waals surface area contributed by atoms with Crippen molar-refractivity contribution in [2.24, 2.45) is 23.2 Å². The van der Waals surface area contributed by atoms with E-state index in [0.717, 1.165) is 42.2 Å². The van der Waals surface area contributed by atoms with E-state index in [1.807, 2.05) is 26.8 Å². The molecule has 0 atom stereocenters. The lowest BCUT2D eigenvalue weighted by Gasteiger charge is -2.56. The van der Waals surface area contributed by atoms with E-state index in [-0.39, 0.29) is 12.0 Å². The molecule has 4 bridgehead atoms. The number of hydrogen-bond donors (Lipinski definition) is 2. The molecule has 2 N–H and O–H groups in total. The van der Waals surface area contributed by atoms with Gasteiger partial charge < -0.3 is 20.1 Å². The Balaban J connectivity index is 1.14. The van der Waals surface area contributed by atoms with Gasteiger partial charge in [0, 0.05) is 18.8 Å². The van der Waals surface area contributed by atoms with Gasteiger partial charge in [-0.2, -0.15) is 11.8 Å². The van der Waals surface area contributed by atoms with Gasteiger partial charge in [-0.05, 0) is 113 Å². The predicted octanol–water partition coefficient (Wildman–Crippen LogP) is 6.31. The molecule has 36 heavy (non-hydrogen) atoms. The SMILES string of the molecule is CC(C)(C)OC(=O)NCCSCCCOc1ccc(Cl)c(C(=O)NCC23CC4CC(CC(C4)C2)C3)c1. The molecule has 4 aliphatic rings. The van der Waals surface area contributed by atoms with Gasteiger partial charge in [0.15, 0.2) is 0 Å². The van der Waals surface area contributed by atoms with E-state index >= 15 is 0 Å². The van der Waals surface area contributed by atoms with E-state index in [1.54, 1.807) is 23.9 Å². The molecule has 1 aromatic rings. The van der Waals surface area contributed by atoms with Gasteiger partial charge in [-0.15, -0.1) is 0 Å². The minimum absolute atomic E-state index is 0.103. The average molecular weight is 537 g/mol. The molecule has 4 fully saturated rings. The molecule has 0 unspecified atom stereocenters. The molecule has 5 rings (SSSR count). The van der Waals surface area contributed by atoms with Crippen LogP contribution in [0, 0.1) is 23.2 Å². The van der Waals surface area contributed by atoms with Crippen LogP contribution in [0.5, 0.6) is 5.75 Å². The second-order valence-corrected chi connectivity index (χ2v) is 13.6. The maximum absolute atomic E-state index is 13.0. The summed E-state index contributed by atoms with van der Waals surface area (Å²) >= 11 is 8.13. The topological polar surface area (TPSA) is 76.7 Å². The van der Waals surface area contributed by atoms with Crippen LogP contribution in [0.25, 0.3) is 0 Å². The Labute approximate surface area is 225 Å². The molecule has 4 saturated carbocycles. The zero-order chi connectivity index (χ0) is 25.8. The number of halogens is 1. The largest absolute Gasteiger partial charge is 0.494 e. The third-order valence-corrected chi connectivity index (χ3v) is 8.99. The van der Waals surface area contributed by atoms with Gasteiger partial charge >= 0.3 is 6.09 Å². The molecule has 6 nitrogen and oxygen atoms in total. The first-order valence-electron chi connectivity index (χ1n) is 13.4. The van der Waals surface area contributed by atoms with Gasteiger partial charge in [0.1, 0.15) is 11.4 Å². The zero-order valence-corrected chi connectivity index (χ0v) is 23.4. The van der Waals surface area contributed by atoms with E-state index in [1.165, 1.54) is 38.5 Å².